The Morgan fingerprint density at radius 2 is 2.17 bits per heavy atom. The molecule has 0 unspecified atom stereocenters. The Balaban J connectivity index is 2.09. The highest BCUT2D eigenvalue weighted by Gasteiger charge is 2.19. The fourth-order valence-electron chi connectivity index (χ4n) is 2.42. The first-order valence-electron chi connectivity index (χ1n) is 6.92. The van der Waals surface area contributed by atoms with E-state index in [1.165, 1.54) is 12.0 Å². The van der Waals surface area contributed by atoms with Gasteiger partial charge in [-0.25, -0.2) is 0 Å². The number of hydrogen-bond donors (Lipinski definition) is 1. The molecule has 0 saturated heterocycles. The van der Waals surface area contributed by atoms with Crippen LogP contribution in [-0.4, -0.2) is 25.5 Å². The Bertz CT molecular complexity index is 403. The van der Waals surface area contributed by atoms with Crippen molar-refractivity contribution in [3.8, 4) is 0 Å². The summed E-state index contributed by atoms with van der Waals surface area (Å²) in [6.45, 7) is 4.31. The summed E-state index contributed by atoms with van der Waals surface area (Å²) >= 11 is 0. The van der Waals surface area contributed by atoms with E-state index in [0.29, 0.717) is 6.54 Å². The summed E-state index contributed by atoms with van der Waals surface area (Å²) in [6.07, 6.45) is 4.41. The van der Waals surface area contributed by atoms with Gasteiger partial charge in [0.15, 0.2) is 0 Å². The number of aryl methyl sites for hydroxylation is 1. The molecule has 0 spiro atoms. The van der Waals surface area contributed by atoms with Crippen molar-refractivity contribution in [3.05, 3.63) is 29.8 Å². The Morgan fingerprint density at radius 1 is 1.33 bits per heavy atom. The lowest BCUT2D eigenvalue weighted by molar-refractivity contribution is -0.117. The normalized spacial score (nSPS) is 15.1. The monoisotopic (exact) mass is 246 g/mol. The third kappa shape index (κ3) is 3.10. The van der Waals surface area contributed by atoms with Crippen LogP contribution in [0.2, 0.25) is 0 Å². The maximum atomic E-state index is 12.3. The third-order valence-electron chi connectivity index (χ3n) is 3.36. The molecule has 1 amide bonds. The Morgan fingerprint density at radius 3 is 3.00 bits per heavy atom. The Labute approximate surface area is 109 Å². The number of fused-ring (bicyclic) bond motifs is 1. The highest BCUT2D eigenvalue weighted by atomic mass is 16.2. The molecule has 3 nitrogen and oxygen atoms in total. The predicted molar refractivity (Wildman–Crippen MR) is 74.9 cm³/mol. The predicted octanol–water partition coefficient (Wildman–Crippen LogP) is 2.36. The fraction of sp³-hybridized carbons (Fsp3) is 0.533. The summed E-state index contributed by atoms with van der Waals surface area (Å²) in [5, 5.41) is 3.19. The van der Waals surface area contributed by atoms with E-state index >= 15 is 0 Å². The van der Waals surface area contributed by atoms with Crippen molar-refractivity contribution in [1.29, 1.82) is 0 Å². The van der Waals surface area contributed by atoms with Crippen molar-refractivity contribution in [2.45, 2.75) is 32.6 Å². The summed E-state index contributed by atoms with van der Waals surface area (Å²) in [4.78, 5) is 14.2. The summed E-state index contributed by atoms with van der Waals surface area (Å²) in [7, 11) is 0. The first-order valence-corrected chi connectivity index (χ1v) is 6.92. The average molecular weight is 246 g/mol. The second kappa shape index (κ2) is 6.55. The highest BCUT2D eigenvalue weighted by Crippen LogP contribution is 2.25. The molecule has 18 heavy (non-hydrogen) atoms. The van der Waals surface area contributed by atoms with Gasteiger partial charge in [-0.1, -0.05) is 25.1 Å². The van der Waals surface area contributed by atoms with Crippen molar-refractivity contribution < 1.29 is 4.79 Å². The van der Waals surface area contributed by atoms with Gasteiger partial charge < -0.3 is 10.2 Å². The molecule has 2 rings (SSSR count). The molecule has 0 aromatic heterocycles. The van der Waals surface area contributed by atoms with Gasteiger partial charge in [0.05, 0.1) is 6.54 Å². The molecular formula is C15H22N2O. The van der Waals surface area contributed by atoms with Gasteiger partial charge in [-0.3, -0.25) is 4.79 Å². The lowest BCUT2D eigenvalue weighted by Crippen LogP contribution is -2.39. The maximum Gasteiger partial charge on any atom is 0.240 e. The van der Waals surface area contributed by atoms with Crippen LogP contribution >= 0.6 is 0 Å². The van der Waals surface area contributed by atoms with Crippen molar-refractivity contribution in [2.24, 2.45) is 0 Å². The van der Waals surface area contributed by atoms with Crippen LogP contribution < -0.4 is 10.2 Å². The molecule has 1 aliphatic heterocycles. The van der Waals surface area contributed by atoms with E-state index in [1.807, 2.05) is 11.0 Å². The zero-order chi connectivity index (χ0) is 12.8. The zero-order valence-corrected chi connectivity index (χ0v) is 11.1. The number of para-hydroxylation sites is 1. The largest absolute Gasteiger partial charge is 0.311 e. The van der Waals surface area contributed by atoms with E-state index in [0.717, 1.165) is 38.0 Å². The number of carbonyl (C=O) groups excluding carboxylic acids is 1. The number of benzene rings is 1. The van der Waals surface area contributed by atoms with Gasteiger partial charge in [-0.2, -0.15) is 0 Å². The number of hydrogen-bond acceptors (Lipinski definition) is 2. The molecule has 1 N–H and O–H groups in total. The maximum absolute atomic E-state index is 12.3. The number of carbonyl (C=O) groups is 1. The second-order valence-electron chi connectivity index (χ2n) is 4.81. The number of nitrogens with zero attached hydrogens (tertiary/aromatic N) is 1. The number of amides is 1. The number of anilines is 1. The minimum Gasteiger partial charge on any atom is -0.311 e. The van der Waals surface area contributed by atoms with E-state index in [4.69, 9.17) is 0 Å². The van der Waals surface area contributed by atoms with Crippen LogP contribution in [0.3, 0.4) is 0 Å². The summed E-state index contributed by atoms with van der Waals surface area (Å²) < 4.78 is 0. The van der Waals surface area contributed by atoms with E-state index in [2.05, 4.69) is 30.4 Å². The number of rotatable bonds is 4. The van der Waals surface area contributed by atoms with Crippen LogP contribution in [0.15, 0.2) is 24.3 Å². The second-order valence-corrected chi connectivity index (χ2v) is 4.81. The molecule has 0 radical (unpaired) electrons. The molecule has 0 saturated carbocycles. The van der Waals surface area contributed by atoms with E-state index in [9.17, 15) is 4.79 Å². The lowest BCUT2D eigenvalue weighted by Gasteiger charge is -2.23. The van der Waals surface area contributed by atoms with E-state index in [1.54, 1.807) is 0 Å². The fourth-order valence-corrected chi connectivity index (χ4v) is 2.42. The van der Waals surface area contributed by atoms with Crippen LogP contribution in [-0.2, 0) is 11.2 Å². The van der Waals surface area contributed by atoms with Crippen molar-refractivity contribution in [2.75, 3.05) is 24.5 Å². The molecule has 1 heterocycles. The zero-order valence-electron chi connectivity index (χ0n) is 11.1. The van der Waals surface area contributed by atoms with E-state index in [-0.39, 0.29) is 5.91 Å². The van der Waals surface area contributed by atoms with Gasteiger partial charge in [0.1, 0.15) is 0 Å². The molecule has 0 fully saturated rings. The van der Waals surface area contributed by atoms with Gasteiger partial charge in [-0.15, -0.1) is 0 Å². The van der Waals surface area contributed by atoms with Crippen LogP contribution in [0.1, 0.15) is 31.7 Å². The highest BCUT2D eigenvalue weighted by molar-refractivity contribution is 5.95. The van der Waals surface area contributed by atoms with Crippen LogP contribution in [0, 0.1) is 0 Å². The first-order chi connectivity index (χ1) is 8.83. The quantitative estimate of drug-likeness (QED) is 0.827. The van der Waals surface area contributed by atoms with Gasteiger partial charge in [0, 0.05) is 12.2 Å². The molecule has 1 aliphatic rings. The smallest absolute Gasteiger partial charge is 0.240 e. The molecule has 3 heteroatoms. The summed E-state index contributed by atoms with van der Waals surface area (Å²) in [6, 6.07) is 8.28. The average Bonchev–Trinajstić information content (AvgIpc) is 2.61. The molecule has 98 valence electrons. The van der Waals surface area contributed by atoms with E-state index < -0.39 is 0 Å². The number of nitrogens with one attached hydrogen (secondary N) is 1. The van der Waals surface area contributed by atoms with Gasteiger partial charge >= 0.3 is 0 Å². The van der Waals surface area contributed by atoms with Crippen molar-refractivity contribution in [1.82, 2.24) is 5.32 Å². The minimum atomic E-state index is 0.192. The molecule has 1 aromatic carbocycles. The first kappa shape index (κ1) is 13.1. The molecule has 0 bridgehead atoms. The SMILES string of the molecule is CCCNCC(=O)N1CCCCc2ccccc21. The Kier molecular flexibility index (Phi) is 4.76. The van der Waals surface area contributed by atoms with Gasteiger partial charge in [0.2, 0.25) is 5.91 Å². The molecule has 1 aromatic rings. The topological polar surface area (TPSA) is 32.3 Å². The van der Waals surface area contributed by atoms with Crippen LogP contribution in [0.5, 0.6) is 0 Å². The molecule has 0 aliphatic carbocycles. The standard InChI is InChI=1S/C15H22N2O/c1-2-10-16-12-15(18)17-11-6-5-8-13-7-3-4-9-14(13)17/h3-4,7,9,16H,2,5-6,8,10-12H2,1H3. The lowest BCUT2D eigenvalue weighted by atomic mass is 10.1. The van der Waals surface area contributed by atoms with Gasteiger partial charge in [-0.05, 0) is 43.9 Å². The molecule has 0 atom stereocenters. The summed E-state index contributed by atoms with van der Waals surface area (Å²) in [5.74, 6) is 0.192. The van der Waals surface area contributed by atoms with Gasteiger partial charge in [0.25, 0.3) is 0 Å². The Hall–Kier alpha value is -1.35. The van der Waals surface area contributed by atoms with Crippen molar-refractivity contribution in [3.63, 3.8) is 0 Å². The molecular weight excluding hydrogens is 224 g/mol. The third-order valence-corrected chi connectivity index (χ3v) is 3.36. The van der Waals surface area contributed by atoms with Crippen LogP contribution in [0.4, 0.5) is 5.69 Å². The summed E-state index contributed by atoms with van der Waals surface area (Å²) in [5.41, 5.74) is 2.41. The van der Waals surface area contributed by atoms with Crippen LogP contribution in [0.25, 0.3) is 0 Å². The minimum absolute atomic E-state index is 0.192. The van der Waals surface area contributed by atoms with Crippen molar-refractivity contribution >= 4 is 11.6 Å².